The molecule has 0 atom stereocenters. The molecule has 0 amide bonds. The van der Waals surface area contributed by atoms with Crippen molar-refractivity contribution in [3.05, 3.63) is 0 Å². The van der Waals surface area contributed by atoms with Gasteiger partial charge in [0.25, 0.3) is 0 Å². The van der Waals surface area contributed by atoms with Crippen LogP contribution in [0.3, 0.4) is 0 Å². The second kappa shape index (κ2) is 26.2. The Hall–Kier alpha value is -0.713. The topological polar surface area (TPSA) is 130 Å². The Morgan fingerprint density at radius 3 is 0.949 bits per heavy atom. The molecule has 0 radical (unpaired) electrons. The molecule has 39 heavy (non-hydrogen) atoms. The van der Waals surface area contributed by atoms with E-state index in [4.69, 9.17) is 52.2 Å². The summed E-state index contributed by atoms with van der Waals surface area (Å²) in [6.07, 6.45) is 0. The van der Waals surface area contributed by atoms with Crippen molar-refractivity contribution in [2.24, 2.45) is 0 Å². The van der Waals surface area contributed by atoms with Crippen molar-refractivity contribution in [2.45, 2.75) is 38.9 Å². The zero-order valence-electron chi connectivity index (χ0n) is 24.9. The molecule has 0 aliphatic heterocycles. The maximum absolute atomic E-state index is 10.3. The van der Waals surface area contributed by atoms with Gasteiger partial charge in [0.15, 0.2) is 8.32 Å². The Bertz CT molecular complexity index is 546. The lowest BCUT2D eigenvalue weighted by molar-refractivity contribution is -0.142. The number of carboxylic acid groups (broad SMARTS) is 1. The largest absolute Gasteiger partial charge is 0.480 e. The smallest absolute Gasteiger partial charge is 0.329 e. The van der Waals surface area contributed by atoms with Gasteiger partial charge in [-0.25, -0.2) is 4.79 Å². The van der Waals surface area contributed by atoms with Crippen molar-refractivity contribution in [1.82, 2.24) is 0 Å². The highest BCUT2D eigenvalue weighted by Gasteiger charge is 2.36. The van der Waals surface area contributed by atoms with Gasteiger partial charge >= 0.3 is 5.97 Å². The predicted molar refractivity (Wildman–Crippen MR) is 148 cm³/mol. The quantitative estimate of drug-likeness (QED) is 0.0979. The molecule has 0 aliphatic carbocycles. The van der Waals surface area contributed by atoms with Crippen molar-refractivity contribution in [2.75, 3.05) is 126 Å². The van der Waals surface area contributed by atoms with Gasteiger partial charge in [0, 0.05) is 0 Å². The van der Waals surface area contributed by atoms with Crippen molar-refractivity contribution in [3.8, 4) is 0 Å². The van der Waals surface area contributed by atoms with Crippen LogP contribution in [0.1, 0.15) is 20.8 Å². The van der Waals surface area contributed by atoms with Crippen LogP contribution in [0, 0.1) is 0 Å². The molecule has 0 heterocycles. The molecule has 13 heteroatoms. The van der Waals surface area contributed by atoms with E-state index in [0.717, 1.165) is 0 Å². The number of carboxylic acids is 1. The maximum Gasteiger partial charge on any atom is 0.329 e. The van der Waals surface area contributed by atoms with Crippen LogP contribution in [0.4, 0.5) is 0 Å². The maximum atomic E-state index is 10.3. The SMILES string of the molecule is CC(C)(C)[Si](C)(C)OCCOCCOCCOCCOCCOCCOCCOCCOCCOCC(=O)O. The molecular weight excluding hydrogens is 532 g/mol. The highest BCUT2D eigenvalue weighted by Crippen LogP contribution is 2.36. The minimum absolute atomic E-state index is 0.214. The monoisotopic (exact) mass is 586 g/mol. The highest BCUT2D eigenvalue weighted by atomic mass is 28.4. The summed E-state index contributed by atoms with van der Waals surface area (Å²) in [6.45, 7) is 19.6. The zero-order chi connectivity index (χ0) is 29.1. The van der Waals surface area contributed by atoms with Crippen LogP contribution in [-0.2, 0) is 51.9 Å². The Labute approximate surface area is 235 Å². The summed E-state index contributed by atoms with van der Waals surface area (Å²) in [5.74, 6) is -0.993. The number of rotatable bonds is 30. The molecule has 0 bridgehead atoms. The lowest BCUT2D eigenvalue weighted by Gasteiger charge is -2.36. The minimum Gasteiger partial charge on any atom is -0.480 e. The van der Waals surface area contributed by atoms with Gasteiger partial charge in [-0.2, -0.15) is 0 Å². The first-order chi connectivity index (χ1) is 18.7. The van der Waals surface area contributed by atoms with E-state index < -0.39 is 14.3 Å². The van der Waals surface area contributed by atoms with E-state index in [9.17, 15) is 4.79 Å². The van der Waals surface area contributed by atoms with Gasteiger partial charge < -0.3 is 52.2 Å². The average molecular weight is 587 g/mol. The van der Waals surface area contributed by atoms with Crippen molar-refractivity contribution in [1.29, 1.82) is 0 Å². The molecule has 0 aromatic rings. The van der Waals surface area contributed by atoms with Gasteiger partial charge in [-0.1, -0.05) is 20.8 Å². The van der Waals surface area contributed by atoms with Crippen LogP contribution in [0.15, 0.2) is 0 Å². The predicted octanol–water partition coefficient (Wildman–Crippen LogP) is 2.24. The van der Waals surface area contributed by atoms with Crippen molar-refractivity contribution >= 4 is 14.3 Å². The van der Waals surface area contributed by atoms with Crippen molar-refractivity contribution in [3.63, 3.8) is 0 Å². The van der Waals surface area contributed by atoms with Crippen LogP contribution in [0.2, 0.25) is 18.1 Å². The molecule has 0 unspecified atom stereocenters. The van der Waals surface area contributed by atoms with Gasteiger partial charge in [-0.3, -0.25) is 0 Å². The molecule has 1 N–H and O–H groups in total. The first-order valence-electron chi connectivity index (χ1n) is 13.7. The van der Waals surface area contributed by atoms with Crippen LogP contribution in [0.25, 0.3) is 0 Å². The molecular formula is C26H54O12Si. The van der Waals surface area contributed by atoms with Gasteiger partial charge in [0.05, 0.1) is 119 Å². The van der Waals surface area contributed by atoms with Crippen LogP contribution < -0.4 is 0 Å². The second-order valence-corrected chi connectivity index (χ2v) is 14.8. The zero-order valence-corrected chi connectivity index (χ0v) is 25.9. The fraction of sp³-hybridized carbons (Fsp3) is 0.962. The molecule has 0 aromatic carbocycles. The van der Waals surface area contributed by atoms with E-state index in [-0.39, 0.29) is 18.3 Å². The fourth-order valence-electron chi connectivity index (χ4n) is 2.49. The van der Waals surface area contributed by atoms with E-state index in [1.54, 1.807) is 0 Å². The van der Waals surface area contributed by atoms with E-state index in [0.29, 0.717) is 112 Å². The summed E-state index contributed by atoms with van der Waals surface area (Å²) in [4.78, 5) is 10.3. The lowest BCUT2D eigenvalue weighted by atomic mass is 10.2. The van der Waals surface area contributed by atoms with Crippen molar-refractivity contribution < 1.29 is 57.0 Å². The Kier molecular flexibility index (Phi) is 25.7. The minimum atomic E-state index is -1.70. The molecule has 0 saturated carbocycles. The summed E-state index contributed by atoms with van der Waals surface area (Å²) in [6, 6.07) is 0. The van der Waals surface area contributed by atoms with E-state index in [1.165, 1.54) is 0 Å². The van der Waals surface area contributed by atoms with E-state index >= 15 is 0 Å². The summed E-state index contributed by atoms with van der Waals surface area (Å²) in [5, 5.41) is 8.63. The Morgan fingerprint density at radius 1 is 0.487 bits per heavy atom. The normalized spacial score (nSPS) is 12.3. The standard InChI is InChI=1S/C26H54O12Si/c1-26(2,3)39(4,5)38-23-22-36-19-18-34-15-14-32-11-10-30-7-6-29-8-9-31-12-13-33-16-17-35-20-21-37-24-25(27)28/h6-24H2,1-5H3,(H,27,28). The molecule has 0 spiro atoms. The Balaban J connectivity index is 3.14. The summed E-state index contributed by atoms with van der Waals surface area (Å²) in [5.41, 5.74) is 0. The highest BCUT2D eigenvalue weighted by molar-refractivity contribution is 6.74. The Morgan fingerprint density at radius 2 is 0.718 bits per heavy atom. The molecule has 0 rings (SSSR count). The number of hydrogen-bond acceptors (Lipinski definition) is 11. The molecule has 12 nitrogen and oxygen atoms in total. The molecule has 0 fully saturated rings. The summed E-state index contributed by atoms with van der Waals surface area (Å²) < 4.78 is 54.3. The number of hydrogen-bond donors (Lipinski definition) is 1. The summed E-state index contributed by atoms with van der Waals surface area (Å²) >= 11 is 0. The van der Waals surface area contributed by atoms with Gasteiger partial charge in [0.1, 0.15) is 6.61 Å². The third-order valence-corrected chi connectivity index (χ3v) is 10.2. The average Bonchev–Trinajstić information content (AvgIpc) is 2.87. The van der Waals surface area contributed by atoms with Gasteiger partial charge in [-0.05, 0) is 18.1 Å². The number of aliphatic carboxylic acids is 1. The number of ether oxygens (including phenoxy) is 9. The first kappa shape index (κ1) is 38.3. The van der Waals surface area contributed by atoms with Crippen LogP contribution in [-0.4, -0.2) is 145 Å². The third-order valence-electron chi connectivity index (χ3n) is 5.70. The first-order valence-corrected chi connectivity index (χ1v) is 16.6. The second-order valence-electron chi connectivity index (χ2n) is 9.95. The van der Waals surface area contributed by atoms with E-state index in [2.05, 4.69) is 33.9 Å². The van der Waals surface area contributed by atoms with E-state index in [1.807, 2.05) is 0 Å². The van der Waals surface area contributed by atoms with Gasteiger partial charge in [-0.15, -0.1) is 0 Å². The summed E-state index contributed by atoms with van der Waals surface area (Å²) in [7, 11) is -1.70. The lowest BCUT2D eigenvalue weighted by Crippen LogP contribution is -2.41. The van der Waals surface area contributed by atoms with Crippen LogP contribution >= 0.6 is 0 Å². The number of carbonyl (C=O) groups is 1. The molecule has 0 saturated heterocycles. The molecule has 0 aromatic heterocycles. The molecule has 234 valence electrons. The third kappa shape index (κ3) is 27.2. The van der Waals surface area contributed by atoms with Gasteiger partial charge in [0.2, 0.25) is 0 Å². The molecule has 0 aliphatic rings. The van der Waals surface area contributed by atoms with Crippen LogP contribution in [0.5, 0.6) is 0 Å². The fourth-order valence-corrected chi connectivity index (χ4v) is 3.52.